The monoisotopic (exact) mass is 414 g/mol. The van der Waals surface area contributed by atoms with Gasteiger partial charge in [-0.3, -0.25) is 9.80 Å². The van der Waals surface area contributed by atoms with E-state index in [1.165, 1.54) is 42.3 Å². The van der Waals surface area contributed by atoms with E-state index in [2.05, 4.69) is 52.1 Å². The summed E-state index contributed by atoms with van der Waals surface area (Å²) >= 11 is 1.82. The molecular weight excluding hydrogens is 380 g/mol. The van der Waals surface area contributed by atoms with E-state index in [-0.39, 0.29) is 0 Å². The number of benzene rings is 1. The topological polar surface area (TPSA) is 31.8 Å². The van der Waals surface area contributed by atoms with Gasteiger partial charge < -0.3 is 9.64 Å². The maximum atomic E-state index is 5.56. The van der Waals surface area contributed by atoms with Gasteiger partial charge in [-0.25, -0.2) is 4.98 Å². The smallest absolute Gasteiger partial charge is 0.142 e. The second kappa shape index (κ2) is 9.45. The van der Waals surface area contributed by atoms with Crippen LogP contribution >= 0.6 is 11.3 Å². The SMILES string of the molecule is COc1ccccc1N1CCN(C2CCCN(Cc3nc(C(C)C)cs3)C2)CC1. The van der Waals surface area contributed by atoms with Gasteiger partial charge in [0.15, 0.2) is 0 Å². The average molecular weight is 415 g/mol. The number of piperidine rings is 1. The first-order valence-corrected chi connectivity index (χ1v) is 11.8. The van der Waals surface area contributed by atoms with Crippen molar-refractivity contribution in [2.24, 2.45) is 0 Å². The average Bonchev–Trinajstić information content (AvgIpc) is 3.23. The van der Waals surface area contributed by atoms with Crippen LogP contribution < -0.4 is 9.64 Å². The van der Waals surface area contributed by atoms with Crippen LogP contribution in [0, 0.1) is 0 Å². The summed E-state index contributed by atoms with van der Waals surface area (Å²) in [7, 11) is 1.76. The zero-order valence-electron chi connectivity index (χ0n) is 18.0. The molecule has 2 fully saturated rings. The highest BCUT2D eigenvalue weighted by Crippen LogP contribution is 2.29. The molecule has 0 aliphatic carbocycles. The highest BCUT2D eigenvalue weighted by molar-refractivity contribution is 7.09. The molecule has 0 N–H and O–H groups in total. The fourth-order valence-electron chi connectivity index (χ4n) is 4.55. The molecule has 1 aromatic heterocycles. The lowest BCUT2D eigenvalue weighted by Gasteiger charge is -2.44. The first-order chi connectivity index (χ1) is 14.1. The van der Waals surface area contributed by atoms with Gasteiger partial charge in [0.05, 0.1) is 25.0 Å². The third-order valence-corrected chi connectivity index (χ3v) is 7.11. The number of methoxy groups -OCH3 is 1. The van der Waals surface area contributed by atoms with Gasteiger partial charge in [-0.2, -0.15) is 0 Å². The number of nitrogens with zero attached hydrogens (tertiary/aromatic N) is 4. The minimum Gasteiger partial charge on any atom is -0.495 e. The fourth-order valence-corrected chi connectivity index (χ4v) is 5.54. The van der Waals surface area contributed by atoms with Crippen LogP contribution in [0.3, 0.4) is 0 Å². The van der Waals surface area contributed by atoms with E-state index in [9.17, 15) is 0 Å². The largest absolute Gasteiger partial charge is 0.495 e. The van der Waals surface area contributed by atoms with Crippen LogP contribution in [-0.4, -0.2) is 67.2 Å². The second-order valence-corrected chi connectivity index (χ2v) is 9.49. The van der Waals surface area contributed by atoms with Crippen LogP contribution in [0.1, 0.15) is 43.3 Å². The van der Waals surface area contributed by atoms with Crippen LogP contribution in [0.4, 0.5) is 5.69 Å². The highest BCUT2D eigenvalue weighted by atomic mass is 32.1. The van der Waals surface area contributed by atoms with Crippen LogP contribution in [0.25, 0.3) is 0 Å². The van der Waals surface area contributed by atoms with Crippen molar-refractivity contribution in [2.45, 2.75) is 45.2 Å². The summed E-state index contributed by atoms with van der Waals surface area (Å²) in [6, 6.07) is 9.06. The van der Waals surface area contributed by atoms with Crippen molar-refractivity contribution in [3.05, 3.63) is 40.3 Å². The molecule has 29 heavy (non-hydrogen) atoms. The van der Waals surface area contributed by atoms with Gasteiger partial charge in [0.2, 0.25) is 0 Å². The molecule has 0 radical (unpaired) electrons. The summed E-state index contributed by atoms with van der Waals surface area (Å²) in [6.45, 7) is 12.2. The van der Waals surface area contributed by atoms with Crippen LogP contribution in [0.5, 0.6) is 5.75 Å². The lowest BCUT2D eigenvalue weighted by atomic mass is 10.0. The molecule has 0 bridgehead atoms. The van der Waals surface area contributed by atoms with Gasteiger partial charge in [0.1, 0.15) is 10.8 Å². The molecule has 2 aromatic rings. The number of aromatic nitrogens is 1. The zero-order valence-corrected chi connectivity index (χ0v) is 18.8. The number of hydrogen-bond acceptors (Lipinski definition) is 6. The predicted octanol–water partition coefficient (Wildman–Crippen LogP) is 4.06. The molecule has 2 saturated heterocycles. The number of ether oxygens (including phenoxy) is 1. The van der Waals surface area contributed by atoms with Gasteiger partial charge in [-0.05, 0) is 37.4 Å². The van der Waals surface area contributed by atoms with E-state index >= 15 is 0 Å². The third kappa shape index (κ3) is 4.93. The molecule has 0 saturated carbocycles. The molecule has 3 heterocycles. The normalized spacial score (nSPS) is 21.7. The molecular formula is C23H34N4OS. The summed E-state index contributed by atoms with van der Waals surface area (Å²) in [5, 5.41) is 3.51. The predicted molar refractivity (Wildman–Crippen MR) is 121 cm³/mol. The maximum absolute atomic E-state index is 5.56. The standard InChI is InChI=1S/C23H34N4OS/c1-18(2)20-17-29-23(24-20)16-25-10-6-7-19(15-25)26-11-13-27(14-12-26)21-8-4-5-9-22(21)28-3/h4-5,8-9,17-19H,6-7,10-16H2,1-3H3. The van der Waals surface area contributed by atoms with Crippen LogP contribution in [-0.2, 0) is 6.54 Å². The molecule has 2 aliphatic rings. The molecule has 1 atom stereocenters. The van der Waals surface area contributed by atoms with E-state index < -0.39 is 0 Å². The Hall–Kier alpha value is -1.63. The number of hydrogen-bond donors (Lipinski definition) is 0. The van der Waals surface area contributed by atoms with Crippen molar-refractivity contribution in [1.82, 2.24) is 14.8 Å². The maximum Gasteiger partial charge on any atom is 0.142 e. The number of piperazine rings is 1. The van der Waals surface area contributed by atoms with Crippen LogP contribution in [0.15, 0.2) is 29.6 Å². The van der Waals surface area contributed by atoms with E-state index in [0.29, 0.717) is 12.0 Å². The molecule has 158 valence electrons. The Morgan fingerprint density at radius 3 is 2.66 bits per heavy atom. The molecule has 5 nitrogen and oxygen atoms in total. The van der Waals surface area contributed by atoms with Crippen LogP contribution in [0.2, 0.25) is 0 Å². The number of anilines is 1. The van der Waals surface area contributed by atoms with E-state index in [1.54, 1.807) is 7.11 Å². The lowest BCUT2D eigenvalue weighted by Crippen LogP contribution is -2.55. The summed E-state index contributed by atoms with van der Waals surface area (Å²) in [5.74, 6) is 1.50. The zero-order chi connectivity index (χ0) is 20.2. The first-order valence-electron chi connectivity index (χ1n) is 10.9. The van der Waals surface area contributed by atoms with E-state index in [1.807, 2.05) is 17.4 Å². The van der Waals surface area contributed by atoms with Gasteiger partial charge in [-0.15, -0.1) is 11.3 Å². The number of rotatable bonds is 6. The molecule has 1 unspecified atom stereocenters. The molecule has 2 aliphatic heterocycles. The lowest BCUT2D eigenvalue weighted by molar-refractivity contribution is 0.0886. The van der Waals surface area contributed by atoms with Gasteiger partial charge in [0, 0.05) is 44.1 Å². The molecule has 4 rings (SSSR count). The Bertz CT molecular complexity index is 785. The Morgan fingerprint density at radius 1 is 1.14 bits per heavy atom. The van der Waals surface area contributed by atoms with Gasteiger partial charge in [0.25, 0.3) is 0 Å². The van der Waals surface area contributed by atoms with Crippen molar-refractivity contribution < 1.29 is 4.74 Å². The van der Waals surface area contributed by atoms with Crippen molar-refractivity contribution >= 4 is 17.0 Å². The summed E-state index contributed by atoms with van der Waals surface area (Å²) < 4.78 is 5.56. The van der Waals surface area contributed by atoms with E-state index in [4.69, 9.17) is 9.72 Å². The Labute approximate surface area is 179 Å². The van der Waals surface area contributed by atoms with Crippen molar-refractivity contribution in [1.29, 1.82) is 0 Å². The third-order valence-electron chi connectivity index (χ3n) is 6.26. The molecule has 0 spiro atoms. The summed E-state index contributed by atoms with van der Waals surface area (Å²) in [6.07, 6.45) is 2.61. The number of likely N-dealkylation sites (tertiary alicyclic amines) is 1. The number of thiazole rings is 1. The first kappa shape index (κ1) is 20.6. The molecule has 1 aromatic carbocycles. The molecule has 6 heteroatoms. The second-order valence-electron chi connectivity index (χ2n) is 8.55. The van der Waals surface area contributed by atoms with E-state index in [0.717, 1.165) is 38.5 Å². The minimum atomic E-state index is 0.522. The fraction of sp³-hybridized carbons (Fsp3) is 0.609. The minimum absolute atomic E-state index is 0.522. The van der Waals surface area contributed by atoms with Crippen molar-refractivity contribution in [3.8, 4) is 5.75 Å². The van der Waals surface area contributed by atoms with Gasteiger partial charge in [-0.1, -0.05) is 26.0 Å². The van der Waals surface area contributed by atoms with Gasteiger partial charge >= 0.3 is 0 Å². The Balaban J connectivity index is 1.31. The summed E-state index contributed by atoms with van der Waals surface area (Å²) in [5.41, 5.74) is 2.47. The number of para-hydroxylation sites is 2. The Morgan fingerprint density at radius 2 is 1.93 bits per heavy atom. The van der Waals surface area contributed by atoms with Crippen molar-refractivity contribution in [2.75, 3.05) is 51.3 Å². The molecule has 0 amide bonds. The highest BCUT2D eigenvalue weighted by Gasteiger charge is 2.29. The summed E-state index contributed by atoms with van der Waals surface area (Å²) in [4.78, 5) is 12.6. The quantitative estimate of drug-likeness (QED) is 0.712. The Kier molecular flexibility index (Phi) is 6.73. The van der Waals surface area contributed by atoms with Crippen molar-refractivity contribution in [3.63, 3.8) is 0 Å².